The monoisotopic (exact) mass is 534 g/mol. The SMILES string of the molecule is CCCCCCCC/C=C\CCCCCCC(CCCCCCCCCCCC)C(CCO)[N+]1=CNCC1. The van der Waals surface area contributed by atoms with Crippen LogP contribution in [0.4, 0.5) is 0 Å². The maximum absolute atomic E-state index is 9.82. The van der Waals surface area contributed by atoms with Gasteiger partial charge in [-0.2, -0.15) is 0 Å². The molecule has 0 radical (unpaired) electrons. The third kappa shape index (κ3) is 20.1. The summed E-state index contributed by atoms with van der Waals surface area (Å²) in [7, 11) is 0. The molecule has 0 fully saturated rings. The predicted molar refractivity (Wildman–Crippen MR) is 169 cm³/mol. The van der Waals surface area contributed by atoms with Gasteiger partial charge in [-0.15, -0.1) is 0 Å². The number of rotatable bonds is 29. The first kappa shape index (κ1) is 35.2. The van der Waals surface area contributed by atoms with Crippen LogP contribution in [-0.4, -0.2) is 41.8 Å². The van der Waals surface area contributed by atoms with Gasteiger partial charge in [0.25, 0.3) is 0 Å². The molecule has 3 nitrogen and oxygen atoms in total. The van der Waals surface area contributed by atoms with Crippen LogP contribution in [0.2, 0.25) is 0 Å². The van der Waals surface area contributed by atoms with Crippen molar-refractivity contribution in [2.75, 3.05) is 19.7 Å². The van der Waals surface area contributed by atoms with Gasteiger partial charge < -0.3 is 5.11 Å². The second-order valence-electron chi connectivity index (χ2n) is 12.2. The molecule has 38 heavy (non-hydrogen) atoms. The summed E-state index contributed by atoms with van der Waals surface area (Å²) < 4.78 is 2.51. The van der Waals surface area contributed by atoms with Crippen molar-refractivity contribution in [2.24, 2.45) is 5.92 Å². The Labute approximate surface area is 239 Å². The summed E-state index contributed by atoms with van der Waals surface area (Å²) in [6.07, 6.45) is 41.1. The van der Waals surface area contributed by atoms with Gasteiger partial charge in [-0.05, 0) is 44.4 Å². The highest BCUT2D eigenvalue weighted by Gasteiger charge is 2.28. The van der Waals surface area contributed by atoms with E-state index in [1.54, 1.807) is 0 Å². The third-order valence-electron chi connectivity index (χ3n) is 8.68. The summed E-state index contributed by atoms with van der Waals surface area (Å²) in [4.78, 5) is 0. The highest BCUT2D eigenvalue weighted by molar-refractivity contribution is 5.49. The smallest absolute Gasteiger partial charge is 0.232 e. The van der Waals surface area contributed by atoms with E-state index in [4.69, 9.17) is 0 Å². The van der Waals surface area contributed by atoms with E-state index in [-0.39, 0.29) is 0 Å². The van der Waals surface area contributed by atoms with Gasteiger partial charge in [0.15, 0.2) is 0 Å². The number of nitrogens with one attached hydrogen (secondary N) is 1. The number of allylic oxidation sites excluding steroid dienone is 2. The summed E-state index contributed by atoms with van der Waals surface area (Å²) in [6, 6.07) is 0.512. The fourth-order valence-corrected chi connectivity index (χ4v) is 6.23. The normalized spacial score (nSPS) is 15.2. The predicted octanol–water partition coefficient (Wildman–Crippen LogP) is 9.96. The maximum atomic E-state index is 9.82. The zero-order valence-electron chi connectivity index (χ0n) is 26.1. The van der Waals surface area contributed by atoms with Crippen LogP contribution in [-0.2, 0) is 0 Å². The highest BCUT2D eigenvalue weighted by atomic mass is 16.3. The molecule has 0 aromatic rings. The Hall–Kier alpha value is -0.830. The van der Waals surface area contributed by atoms with Crippen molar-refractivity contribution in [1.82, 2.24) is 5.32 Å². The molecule has 2 N–H and O–H groups in total. The number of aliphatic hydroxyl groups excluding tert-OH is 1. The fraction of sp³-hybridized carbons (Fsp3) is 0.914. The van der Waals surface area contributed by atoms with Gasteiger partial charge in [0.2, 0.25) is 6.34 Å². The summed E-state index contributed by atoms with van der Waals surface area (Å²) in [5, 5.41) is 13.2. The molecule has 0 aliphatic carbocycles. The topological polar surface area (TPSA) is 35.3 Å². The Bertz CT molecular complexity index is 544. The van der Waals surface area contributed by atoms with Gasteiger partial charge in [-0.25, -0.2) is 0 Å². The Morgan fingerprint density at radius 1 is 0.632 bits per heavy atom. The molecule has 3 heteroatoms. The van der Waals surface area contributed by atoms with Crippen LogP contribution in [0.5, 0.6) is 0 Å². The number of unbranched alkanes of at least 4 members (excludes halogenated alkanes) is 19. The summed E-state index contributed by atoms with van der Waals surface area (Å²) in [5.41, 5.74) is 0. The van der Waals surface area contributed by atoms with Crippen molar-refractivity contribution in [3.8, 4) is 0 Å². The number of hydrogen-bond acceptors (Lipinski definition) is 2. The number of hydrogen-bond donors (Lipinski definition) is 2. The lowest BCUT2D eigenvalue weighted by Gasteiger charge is -2.26. The van der Waals surface area contributed by atoms with Crippen LogP contribution in [0.1, 0.15) is 174 Å². The van der Waals surface area contributed by atoms with E-state index in [9.17, 15) is 5.11 Å². The Morgan fingerprint density at radius 2 is 1.08 bits per heavy atom. The molecule has 1 rings (SSSR count). The van der Waals surface area contributed by atoms with Gasteiger partial charge in [-0.1, -0.05) is 142 Å². The van der Waals surface area contributed by atoms with Crippen LogP contribution in [0, 0.1) is 5.92 Å². The van der Waals surface area contributed by atoms with Crippen molar-refractivity contribution in [3.05, 3.63) is 12.2 Å². The molecule has 0 spiro atoms. The second kappa shape index (κ2) is 27.7. The maximum Gasteiger partial charge on any atom is 0.232 e. The van der Waals surface area contributed by atoms with Gasteiger partial charge in [0.05, 0.1) is 0 Å². The molecule has 0 amide bonds. The molecule has 224 valence electrons. The zero-order valence-corrected chi connectivity index (χ0v) is 26.1. The van der Waals surface area contributed by atoms with E-state index in [0.29, 0.717) is 12.6 Å². The minimum Gasteiger partial charge on any atom is -0.396 e. The van der Waals surface area contributed by atoms with Gasteiger partial charge in [-0.3, -0.25) is 9.89 Å². The van der Waals surface area contributed by atoms with Crippen molar-refractivity contribution in [1.29, 1.82) is 0 Å². The molecule has 0 bridgehead atoms. The zero-order chi connectivity index (χ0) is 27.4. The Morgan fingerprint density at radius 3 is 1.50 bits per heavy atom. The van der Waals surface area contributed by atoms with E-state index in [1.807, 2.05) is 0 Å². The van der Waals surface area contributed by atoms with Gasteiger partial charge >= 0.3 is 0 Å². The summed E-state index contributed by atoms with van der Waals surface area (Å²) in [6.45, 7) is 7.06. The summed E-state index contributed by atoms with van der Waals surface area (Å²) in [5.74, 6) is 0.726. The van der Waals surface area contributed by atoms with E-state index in [0.717, 1.165) is 25.4 Å². The van der Waals surface area contributed by atoms with Crippen molar-refractivity contribution in [3.63, 3.8) is 0 Å². The molecule has 0 saturated carbocycles. The first-order chi connectivity index (χ1) is 18.8. The lowest BCUT2D eigenvalue weighted by molar-refractivity contribution is -0.564. The molecule has 2 unspecified atom stereocenters. The molecule has 1 aliphatic heterocycles. The van der Waals surface area contributed by atoms with Crippen molar-refractivity contribution < 1.29 is 9.68 Å². The van der Waals surface area contributed by atoms with Gasteiger partial charge in [0.1, 0.15) is 19.1 Å². The first-order valence-electron chi connectivity index (χ1n) is 17.4. The van der Waals surface area contributed by atoms with Crippen LogP contribution >= 0.6 is 0 Å². The fourth-order valence-electron chi connectivity index (χ4n) is 6.23. The van der Waals surface area contributed by atoms with E-state index < -0.39 is 0 Å². The molecular weight excluding hydrogens is 464 g/mol. The molecule has 2 atom stereocenters. The lowest BCUT2D eigenvalue weighted by Crippen LogP contribution is -2.34. The second-order valence-corrected chi connectivity index (χ2v) is 12.2. The highest BCUT2D eigenvalue weighted by Crippen LogP contribution is 2.26. The standard InChI is InChI=1S/C35H68N2O/c1-3-5-7-9-11-13-15-16-17-18-20-22-24-26-28-34(35(29-32-38)37-31-30-36-33-37)27-25-23-21-19-14-12-10-8-6-4-2/h16-17,33-35,38H,3-15,18-32H2,1-2H3/p+1/b17-16-. The van der Waals surface area contributed by atoms with Crippen molar-refractivity contribution in [2.45, 2.75) is 180 Å². The molecule has 0 aromatic heterocycles. The molecule has 0 saturated heterocycles. The van der Waals surface area contributed by atoms with Crippen LogP contribution in [0.15, 0.2) is 12.2 Å². The van der Waals surface area contributed by atoms with Gasteiger partial charge in [0, 0.05) is 13.0 Å². The Kier molecular flexibility index (Phi) is 25.7. The third-order valence-corrected chi connectivity index (χ3v) is 8.68. The minimum atomic E-state index is 0.314. The minimum absolute atomic E-state index is 0.314. The molecule has 1 heterocycles. The van der Waals surface area contributed by atoms with E-state index >= 15 is 0 Å². The van der Waals surface area contributed by atoms with Crippen LogP contribution < -0.4 is 5.32 Å². The summed E-state index contributed by atoms with van der Waals surface area (Å²) >= 11 is 0. The Balaban J connectivity index is 2.23. The first-order valence-corrected chi connectivity index (χ1v) is 17.4. The van der Waals surface area contributed by atoms with Crippen LogP contribution in [0.3, 0.4) is 0 Å². The average Bonchev–Trinajstić information content (AvgIpc) is 3.47. The quantitative estimate of drug-likeness (QED) is 0.0570. The molecule has 1 aliphatic rings. The van der Waals surface area contributed by atoms with E-state index in [2.05, 4.69) is 42.2 Å². The molecule has 0 aromatic carbocycles. The van der Waals surface area contributed by atoms with E-state index in [1.165, 1.54) is 154 Å². The number of aliphatic hydroxyl groups is 1. The van der Waals surface area contributed by atoms with Crippen molar-refractivity contribution >= 4 is 6.34 Å². The largest absolute Gasteiger partial charge is 0.396 e. The average molecular weight is 534 g/mol. The number of nitrogens with zero attached hydrogens (tertiary/aromatic N) is 1. The van der Waals surface area contributed by atoms with Crippen LogP contribution in [0.25, 0.3) is 0 Å². The lowest BCUT2D eigenvalue weighted by atomic mass is 9.86. The molecular formula is C35H69N2O+.